The first-order valence-corrected chi connectivity index (χ1v) is 18.5. The van der Waals surface area contributed by atoms with E-state index in [1.807, 2.05) is 48.5 Å². The summed E-state index contributed by atoms with van der Waals surface area (Å²) in [5.74, 6) is 0. The zero-order valence-electron chi connectivity index (χ0n) is 29.1. The molecule has 52 heavy (non-hydrogen) atoms. The SMILES string of the molecule is CCN(CC)c1ccc(N=C2S/C(=C3\N=C(c4ccc([N+](=O)[O-])cc4)C(=Nc4ccc(N(CC)CC)cc4)S3)N=C2c2ccc([N+](=O)[O-])cc2)cc1. The Bertz CT molecular complexity index is 1970. The predicted molar refractivity (Wildman–Crippen MR) is 216 cm³/mol. The molecular formula is C38H36N8O4S2. The molecule has 2 heterocycles. The average molecular weight is 733 g/mol. The lowest BCUT2D eigenvalue weighted by atomic mass is 10.1. The molecule has 0 fully saturated rings. The predicted octanol–water partition coefficient (Wildman–Crippen LogP) is 9.55. The number of hydrogen-bond donors (Lipinski definition) is 0. The molecule has 0 radical (unpaired) electrons. The van der Waals surface area contributed by atoms with E-state index in [1.165, 1.54) is 47.8 Å². The van der Waals surface area contributed by atoms with Crippen molar-refractivity contribution in [1.82, 2.24) is 0 Å². The third kappa shape index (κ3) is 7.98. The van der Waals surface area contributed by atoms with Gasteiger partial charge in [-0.1, -0.05) is 0 Å². The fourth-order valence-electron chi connectivity index (χ4n) is 5.70. The normalized spacial score (nSPS) is 17.0. The van der Waals surface area contributed by atoms with Crippen molar-refractivity contribution in [3.05, 3.63) is 138 Å². The Balaban J connectivity index is 1.42. The topological polar surface area (TPSA) is 142 Å². The Labute approximate surface area is 310 Å². The van der Waals surface area contributed by atoms with Crippen molar-refractivity contribution >= 4 is 79.2 Å². The average Bonchev–Trinajstić information content (AvgIpc) is 3.78. The number of nitro groups is 2. The molecule has 4 aromatic rings. The maximum Gasteiger partial charge on any atom is 0.269 e. The van der Waals surface area contributed by atoms with E-state index in [0.717, 1.165) is 48.9 Å². The van der Waals surface area contributed by atoms with Gasteiger partial charge < -0.3 is 9.80 Å². The summed E-state index contributed by atoms with van der Waals surface area (Å²) >= 11 is 2.72. The van der Waals surface area contributed by atoms with Crippen LogP contribution in [0.25, 0.3) is 0 Å². The first kappa shape index (κ1) is 36.2. The molecule has 0 amide bonds. The maximum atomic E-state index is 11.4. The lowest BCUT2D eigenvalue weighted by molar-refractivity contribution is -0.385. The molecule has 4 aromatic carbocycles. The van der Waals surface area contributed by atoms with E-state index in [4.69, 9.17) is 20.0 Å². The Kier molecular flexibility index (Phi) is 11.3. The standard InChI is InChI=1S/C38H36N8O4S2/c1-5-43(6-2)29-21-13-27(14-22-29)39-35-33(25-9-17-31(18-10-25)45(47)48)41-37(51-35)38-42-34(26-11-19-32(20-12-26)46(49)50)36(52-38)40-28-15-23-30(24-16-28)44(7-3)8-4/h9-24H,5-8H2,1-4H3/b38-37+,39-35?,40-36?. The fourth-order valence-corrected chi connectivity index (χ4v) is 7.68. The van der Waals surface area contributed by atoms with Gasteiger partial charge >= 0.3 is 0 Å². The summed E-state index contributed by atoms with van der Waals surface area (Å²) in [5.41, 5.74) is 6.14. The lowest BCUT2D eigenvalue weighted by Gasteiger charge is -2.20. The van der Waals surface area contributed by atoms with Crippen LogP contribution in [0.5, 0.6) is 0 Å². The van der Waals surface area contributed by atoms with Crippen molar-refractivity contribution in [3.63, 3.8) is 0 Å². The number of aliphatic imine (C=N–C) groups is 4. The number of anilines is 2. The van der Waals surface area contributed by atoms with Crippen LogP contribution in [0, 0.1) is 20.2 Å². The van der Waals surface area contributed by atoms with Gasteiger partial charge in [0.25, 0.3) is 11.4 Å². The van der Waals surface area contributed by atoms with Crippen molar-refractivity contribution in [2.75, 3.05) is 36.0 Å². The van der Waals surface area contributed by atoms with Crippen molar-refractivity contribution < 1.29 is 9.85 Å². The van der Waals surface area contributed by atoms with E-state index >= 15 is 0 Å². The van der Waals surface area contributed by atoms with Crippen LogP contribution < -0.4 is 9.80 Å². The molecule has 264 valence electrons. The van der Waals surface area contributed by atoms with E-state index in [9.17, 15) is 20.2 Å². The van der Waals surface area contributed by atoms with E-state index in [1.54, 1.807) is 24.3 Å². The minimum absolute atomic E-state index is 0.0197. The smallest absolute Gasteiger partial charge is 0.269 e. The Morgan fingerprint density at radius 3 is 1.15 bits per heavy atom. The molecule has 6 rings (SSSR count). The summed E-state index contributed by atoms with van der Waals surface area (Å²) in [4.78, 5) is 46.4. The third-order valence-corrected chi connectivity index (χ3v) is 10.6. The fraction of sp³-hybridized carbons (Fsp3) is 0.211. The summed E-state index contributed by atoms with van der Waals surface area (Å²) < 4.78 is 0. The number of nitrogens with zero attached hydrogens (tertiary/aromatic N) is 8. The van der Waals surface area contributed by atoms with Gasteiger partial charge in [0, 0.05) is 72.9 Å². The van der Waals surface area contributed by atoms with Crippen LogP contribution >= 0.6 is 23.5 Å². The first-order chi connectivity index (χ1) is 25.2. The van der Waals surface area contributed by atoms with Crippen molar-refractivity contribution in [2.24, 2.45) is 20.0 Å². The van der Waals surface area contributed by atoms with Crippen LogP contribution in [-0.2, 0) is 0 Å². The second-order valence-electron chi connectivity index (χ2n) is 11.6. The Morgan fingerprint density at radius 2 is 0.865 bits per heavy atom. The molecular weight excluding hydrogens is 697 g/mol. The number of nitro benzene ring substituents is 2. The summed E-state index contributed by atoms with van der Waals surface area (Å²) in [6.07, 6.45) is 0. The summed E-state index contributed by atoms with van der Waals surface area (Å²) in [5, 5.41) is 25.2. The van der Waals surface area contributed by atoms with Crippen LogP contribution in [0.1, 0.15) is 38.8 Å². The molecule has 0 spiro atoms. The zero-order chi connectivity index (χ0) is 36.8. The van der Waals surface area contributed by atoms with Gasteiger partial charge in [0.05, 0.1) is 21.2 Å². The molecule has 0 atom stereocenters. The first-order valence-electron chi connectivity index (χ1n) is 16.9. The van der Waals surface area contributed by atoms with Crippen LogP contribution in [0.15, 0.2) is 127 Å². The zero-order valence-corrected chi connectivity index (χ0v) is 30.7. The largest absolute Gasteiger partial charge is 0.372 e. The van der Waals surface area contributed by atoms with E-state index in [2.05, 4.69) is 37.5 Å². The number of non-ortho nitro benzene ring substituents is 2. The maximum absolute atomic E-state index is 11.4. The number of hydrogen-bond acceptors (Lipinski definition) is 12. The Morgan fingerprint density at radius 1 is 0.538 bits per heavy atom. The molecule has 0 N–H and O–H groups in total. The molecule has 0 saturated carbocycles. The minimum atomic E-state index is -0.434. The molecule has 0 unspecified atom stereocenters. The lowest BCUT2D eigenvalue weighted by Crippen LogP contribution is -2.21. The van der Waals surface area contributed by atoms with Gasteiger partial charge in [-0.05, 0) is 124 Å². The van der Waals surface area contributed by atoms with E-state index in [-0.39, 0.29) is 11.4 Å². The van der Waals surface area contributed by atoms with Gasteiger partial charge in [-0.15, -0.1) is 0 Å². The molecule has 0 aliphatic carbocycles. The van der Waals surface area contributed by atoms with Crippen LogP contribution in [-0.4, -0.2) is 57.5 Å². The molecule has 2 aliphatic heterocycles. The molecule has 0 bridgehead atoms. The van der Waals surface area contributed by atoms with Gasteiger partial charge in [-0.25, -0.2) is 20.0 Å². The number of benzene rings is 4. The monoisotopic (exact) mass is 732 g/mol. The molecule has 0 saturated heterocycles. The summed E-state index contributed by atoms with van der Waals surface area (Å²) in [7, 11) is 0. The van der Waals surface area contributed by atoms with Crippen LogP contribution in [0.2, 0.25) is 0 Å². The quantitative estimate of drug-likeness (QED) is 0.104. The minimum Gasteiger partial charge on any atom is -0.372 e. The van der Waals surface area contributed by atoms with Gasteiger partial charge in [0.1, 0.15) is 31.6 Å². The Hall–Kier alpha value is -5.60. The highest BCUT2D eigenvalue weighted by Gasteiger charge is 2.31. The van der Waals surface area contributed by atoms with E-state index in [0.29, 0.717) is 42.7 Å². The second-order valence-corrected chi connectivity index (χ2v) is 13.5. The third-order valence-electron chi connectivity index (χ3n) is 8.52. The van der Waals surface area contributed by atoms with Gasteiger partial charge in [-0.3, -0.25) is 20.2 Å². The van der Waals surface area contributed by atoms with E-state index < -0.39 is 9.85 Å². The molecule has 0 aromatic heterocycles. The van der Waals surface area contributed by atoms with Gasteiger partial charge in [-0.2, -0.15) is 0 Å². The summed E-state index contributed by atoms with van der Waals surface area (Å²) in [6, 6.07) is 28.5. The molecule has 12 nitrogen and oxygen atoms in total. The highest BCUT2D eigenvalue weighted by atomic mass is 32.2. The van der Waals surface area contributed by atoms with Gasteiger partial charge in [0.15, 0.2) is 0 Å². The van der Waals surface area contributed by atoms with Gasteiger partial charge in [0.2, 0.25) is 0 Å². The molecule has 2 aliphatic rings. The van der Waals surface area contributed by atoms with Crippen LogP contribution in [0.3, 0.4) is 0 Å². The van der Waals surface area contributed by atoms with Crippen molar-refractivity contribution in [1.29, 1.82) is 0 Å². The van der Waals surface area contributed by atoms with Crippen molar-refractivity contribution in [2.45, 2.75) is 27.7 Å². The summed E-state index contributed by atoms with van der Waals surface area (Å²) in [6.45, 7) is 12.0. The second kappa shape index (κ2) is 16.2. The number of rotatable bonds is 12. The molecule has 14 heteroatoms. The number of thioether (sulfide) groups is 2. The van der Waals surface area contributed by atoms with Crippen molar-refractivity contribution in [3.8, 4) is 0 Å². The highest BCUT2D eigenvalue weighted by molar-refractivity contribution is 8.22. The highest BCUT2D eigenvalue weighted by Crippen LogP contribution is 2.43. The van der Waals surface area contributed by atoms with Crippen LogP contribution in [0.4, 0.5) is 34.1 Å².